The summed E-state index contributed by atoms with van der Waals surface area (Å²) < 4.78 is 302. The number of fused-ring (bicyclic) bond motifs is 5. The van der Waals surface area contributed by atoms with E-state index in [1.165, 1.54) is 0 Å². The molecule has 0 saturated carbocycles. The van der Waals surface area contributed by atoms with Crippen LogP contribution in [0.3, 0.4) is 0 Å². The van der Waals surface area contributed by atoms with Crippen molar-refractivity contribution in [3.8, 4) is 33.4 Å². The molecule has 0 aliphatic carbocycles. The fourth-order valence-corrected chi connectivity index (χ4v) is 5.49. The largest absolute Gasteiger partial charge is 0.455 e. The molecule has 10 rings (SSSR count). The molecule has 0 bridgehead atoms. The maximum atomic E-state index is 9.85. The van der Waals surface area contributed by atoms with Crippen LogP contribution in [0.2, 0.25) is 0 Å². The number of nitrogens with zero attached hydrogens (tertiary/aromatic N) is 1. The average molecular weight is 697 g/mol. The van der Waals surface area contributed by atoms with E-state index in [1.807, 2.05) is 0 Å². The van der Waals surface area contributed by atoms with Crippen molar-refractivity contribution in [3.63, 3.8) is 0 Å². The molecule has 0 radical (unpaired) electrons. The molecule has 244 valence electrons. The van der Waals surface area contributed by atoms with Gasteiger partial charge < -0.3 is 9.32 Å². The zero-order valence-corrected chi connectivity index (χ0v) is 25.9. The summed E-state index contributed by atoms with van der Waals surface area (Å²) in [7, 11) is 0. The highest BCUT2D eigenvalue weighted by Crippen LogP contribution is 2.42. The van der Waals surface area contributed by atoms with Crippen LogP contribution in [0.4, 0.5) is 17.1 Å². The van der Waals surface area contributed by atoms with E-state index >= 15 is 0 Å². The smallest absolute Gasteiger partial charge is 0.143 e. The highest BCUT2D eigenvalue weighted by molar-refractivity contribution is 6.10. The lowest BCUT2D eigenvalue weighted by Crippen LogP contribution is -2.09. The Morgan fingerprint density at radius 1 is 0.346 bits per heavy atom. The maximum absolute atomic E-state index is 9.85. The molecular formula is C50H33NO. The summed E-state index contributed by atoms with van der Waals surface area (Å²) >= 11 is 0. The first-order chi connectivity index (χ1) is 39.5. The van der Waals surface area contributed by atoms with Crippen molar-refractivity contribution >= 4 is 60.5 Å². The molecule has 52 heavy (non-hydrogen) atoms. The number of rotatable bonds is 6. The van der Waals surface area contributed by atoms with Crippen molar-refractivity contribution < 1.29 is 49.7 Å². The molecule has 1 aromatic heterocycles. The number of furan rings is 1. The number of hydrogen-bond donors (Lipinski definition) is 0. The van der Waals surface area contributed by atoms with Gasteiger partial charge in [-0.05, 0) is 85.6 Å². The molecule has 10 aromatic rings. The van der Waals surface area contributed by atoms with Gasteiger partial charge in [0.2, 0.25) is 0 Å². The second-order valence-electron chi connectivity index (χ2n) is 10.8. The number of benzene rings is 9. The first-order valence-electron chi connectivity index (χ1n) is 31.6. The SMILES string of the molecule is [2H]c1c([2H])c([2H])c(-c2c([2H])c([2H])c([2H])c3c2oc2c([2H])c(N(c4c([2H])c([2H])c(-c5c([2H])c([2H])c([2H])c6c([2H])c([2H])c([2H])c([2H])c56)c([2H])c4[2H])c4c([2H])c([2H])c(-c5c([2H])c([2H])c([2H])c6c([2H])c([2H])c([2H])c([2H])c56)c([2H])c4[2H])c([2H])c([2H])c23)c([2H])c1[2H]. The van der Waals surface area contributed by atoms with Crippen LogP contribution in [0.15, 0.2) is 204 Å². The molecule has 0 N–H and O–H groups in total. The third-order valence-electron chi connectivity index (χ3n) is 7.82. The van der Waals surface area contributed by atoms with Gasteiger partial charge in [-0.15, -0.1) is 0 Å². The van der Waals surface area contributed by atoms with Gasteiger partial charge >= 0.3 is 0 Å². The van der Waals surface area contributed by atoms with Crippen LogP contribution in [0.25, 0.3) is 76.9 Å². The summed E-state index contributed by atoms with van der Waals surface area (Å²) in [5.41, 5.74) is -10.2. The molecule has 0 spiro atoms. The summed E-state index contributed by atoms with van der Waals surface area (Å²) in [5, 5.41) is -4.03. The van der Waals surface area contributed by atoms with Crippen LogP contribution < -0.4 is 4.90 Å². The Balaban J connectivity index is 1.40. The molecule has 0 aliphatic heterocycles. The molecular weight excluding hydrogens is 631 g/mol. The van der Waals surface area contributed by atoms with Crippen molar-refractivity contribution in [1.82, 2.24) is 0 Å². The minimum absolute atomic E-state index is 0.303. The molecule has 1 heterocycles. The lowest BCUT2D eigenvalue weighted by Gasteiger charge is -2.26. The van der Waals surface area contributed by atoms with Gasteiger partial charge in [-0.2, -0.15) is 0 Å². The van der Waals surface area contributed by atoms with Crippen LogP contribution >= 0.6 is 0 Å². The Kier molecular flexibility index (Phi) is 2.77. The summed E-state index contributed by atoms with van der Waals surface area (Å²) in [4.78, 5) is 0.303. The fraction of sp³-hybridized carbons (Fsp3) is 0. The first-order valence-corrected chi connectivity index (χ1v) is 15.1. The van der Waals surface area contributed by atoms with E-state index in [2.05, 4.69) is 0 Å². The van der Waals surface area contributed by atoms with Gasteiger partial charge in [-0.3, -0.25) is 0 Å². The standard InChI is InChI=1S/C50H33NO/c1-2-11-36(12-3-1)46-21-10-22-48-47-32-31-41(33-49(47)52-50(46)48)51(39-27-23-37(24-28-39)44-19-8-15-34-13-4-6-17-42(34)44)40-29-25-38(26-30-40)45-20-9-16-35-14-5-7-18-43(35)45/h1-33H/i1D,2D,3D,4D,5D,6D,7D,8D,9D,10D,11D,12D,13D,14D,15D,16D,17D,18D,19D,20D,21D,22D,23D,24D,25D,26D,27D,28D,29D,30D,31D,32D,33D. The molecule has 0 aliphatic rings. The van der Waals surface area contributed by atoms with Crippen LogP contribution in [0, 0.1) is 0 Å². The Morgan fingerprint density at radius 3 is 1.42 bits per heavy atom. The summed E-state index contributed by atoms with van der Waals surface area (Å²) in [5.74, 6) is 0. The molecule has 0 saturated heterocycles. The second kappa shape index (κ2) is 12.5. The van der Waals surface area contributed by atoms with Gasteiger partial charge in [-0.1, -0.05) is 157 Å². The van der Waals surface area contributed by atoms with Gasteiger partial charge in [0, 0.05) is 39.4 Å². The molecule has 0 atom stereocenters. The quantitative estimate of drug-likeness (QED) is 0.172. The Bertz CT molecular complexity index is 4530. The van der Waals surface area contributed by atoms with Crippen molar-refractivity contribution in [2.45, 2.75) is 0 Å². The van der Waals surface area contributed by atoms with E-state index in [-0.39, 0.29) is 0 Å². The van der Waals surface area contributed by atoms with Crippen molar-refractivity contribution in [3.05, 3.63) is 199 Å². The van der Waals surface area contributed by atoms with Gasteiger partial charge in [0.05, 0.1) is 45.2 Å². The Hall–Kier alpha value is -6.90. The normalized spacial score (nSPS) is 20.3. The lowest BCUT2D eigenvalue weighted by atomic mass is 9.97. The fourth-order valence-electron chi connectivity index (χ4n) is 5.49. The summed E-state index contributed by atoms with van der Waals surface area (Å²) in [6.45, 7) is 0. The van der Waals surface area contributed by atoms with Gasteiger partial charge in [-0.25, -0.2) is 0 Å². The van der Waals surface area contributed by atoms with E-state index in [0.717, 1.165) is 0 Å². The van der Waals surface area contributed by atoms with Crippen molar-refractivity contribution in [1.29, 1.82) is 0 Å². The summed E-state index contributed by atoms with van der Waals surface area (Å²) in [6.07, 6.45) is 0. The molecule has 0 amide bonds. The lowest BCUT2D eigenvalue weighted by molar-refractivity contribution is 0.670. The maximum Gasteiger partial charge on any atom is 0.143 e. The number of hydrogen-bond acceptors (Lipinski definition) is 2. The Morgan fingerprint density at radius 2 is 0.808 bits per heavy atom. The van der Waals surface area contributed by atoms with Gasteiger partial charge in [0.15, 0.2) is 0 Å². The molecule has 0 unspecified atom stereocenters. The third kappa shape index (κ3) is 5.12. The highest BCUT2D eigenvalue weighted by Gasteiger charge is 2.18. The number of anilines is 3. The van der Waals surface area contributed by atoms with Gasteiger partial charge in [0.25, 0.3) is 0 Å². The first kappa shape index (κ1) is 11.6. The van der Waals surface area contributed by atoms with E-state index in [9.17, 15) is 15.1 Å². The predicted octanol–water partition coefficient (Wildman–Crippen LogP) is 14.4. The number of para-hydroxylation sites is 1. The molecule has 2 nitrogen and oxygen atoms in total. The van der Waals surface area contributed by atoms with E-state index < -0.39 is 293 Å². The zero-order valence-electron chi connectivity index (χ0n) is 58.9. The molecule has 0 fully saturated rings. The van der Waals surface area contributed by atoms with Gasteiger partial charge in [0.1, 0.15) is 11.2 Å². The zero-order chi connectivity index (χ0) is 63.2. The minimum Gasteiger partial charge on any atom is -0.455 e. The van der Waals surface area contributed by atoms with E-state index in [1.54, 1.807) is 0 Å². The molecule has 2 heteroatoms. The Labute approximate surface area is 348 Å². The third-order valence-corrected chi connectivity index (χ3v) is 7.82. The van der Waals surface area contributed by atoms with E-state index in [4.69, 9.17) is 34.6 Å². The minimum atomic E-state index is -1.32. The summed E-state index contributed by atoms with van der Waals surface area (Å²) in [6, 6.07) is -34.2. The molecule has 9 aromatic carbocycles. The van der Waals surface area contributed by atoms with Crippen LogP contribution in [0.1, 0.15) is 45.2 Å². The van der Waals surface area contributed by atoms with E-state index in [0.29, 0.717) is 4.90 Å². The van der Waals surface area contributed by atoms with Crippen LogP contribution in [-0.4, -0.2) is 0 Å². The van der Waals surface area contributed by atoms with Crippen LogP contribution in [-0.2, 0) is 0 Å². The monoisotopic (exact) mass is 696 g/mol. The van der Waals surface area contributed by atoms with Crippen LogP contribution in [0.5, 0.6) is 0 Å². The average Bonchev–Trinajstić information content (AvgIpc) is 1.84. The second-order valence-corrected chi connectivity index (χ2v) is 10.8. The van der Waals surface area contributed by atoms with Crippen molar-refractivity contribution in [2.24, 2.45) is 0 Å². The topological polar surface area (TPSA) is 16.4 Å². The predicted molar refractivity (Wildman–Crippen MR) is 220 cm³/mol. The van der Waals surface area contributed by atoms with Crippen molar-refractivity contribution in [2.75, 3.05) is 4.90 Å². The highest BCUT2D eigenvalue weighted by atomic mass is 16.3.